The summed E-state index contributed by atoms with van der Waals surface area (Å²) in [4.78, 5) is 29.2. The summed E-state index contributed by atoms with van der Waals surface area (Å²) in [5.74, 6) is 0.646. The number of ether oxygens (including phenoxy) is 1. The molecule has 0 aliphatic carbocycles. The van der Waals surface area contributed by atoms with Crippen molar-refractivity contribution in [3.05, 3.63) is 46.4 Å². The second-order valence-corrected chi connectivity index (χ2v) is 7.31. The lowest BCUT2D eigenvalue weighted by Gasteiger charge is -2.26. The largest absolute Gasteiger partial charge is 0.366 e. The maximum Gasteiger partial charge on any atom is 0.346 e. The van der Waals surface area contributed by atoms with E-state index in [4.69, 9.17) is 4.74 Å². The molecule has 0 spiro atoms. The number of rotatable bonds is 6. The average Bonchev–Trinajstić information content (AvgIpc) is 2.80. The quantitative estimate of drug-likeness (QED) is 0.819. The zero-order chi connectivity index (χ0) is 19.4. The van der Waals surface area contributed by atoms with E-state index >= 15 is 0 Å². The Morgan fingerprint density at radius 1 is 1.41 bits per heavy atom. The Balaban J connectivity index is 1.66. The number of pyridine rings is 1. The fourth-order valence-electron chi connectivity index (χ4n) is 3.33. The molecule has 3 rings (SSSR count). The first-order valence-corrected chi connectivity index (χ1v) is 9.41. The van der Waals surface area contributed by atoms with Crippen molar-refractivity contribution in [1.82, 2.24) is 24.6 Å². The molecule has 0 fully saturated rings. The second-order valence-electron chi connectivity index (χ2n) is 7.31. The molecule has 2 aromatic heterocycles. The summed E-state index contributed by atoms with van der Waals surface area (Å²) in [5.41, 5.74) is -0.0305. The molecular formula is C19H27N5O3. The number of nitrogens with one attached hydrogen (secondary N) is 1. The molecule has 0 aromatic carbocycles. The number of hydrogen-bond acceptors (Lipinski definition) is 5. The zero-order valence-corrected chi connectivity index (χ0v) is 16.1. The van der Waals surface area contributed by atoms with Crippen LogP contribution in [0, 0.1) is 0 Å². The van der Waals surface area contributed by atoms with Crippen molar-refractivity contribution in [1.29, 1.82) is 0 Å². The van der Waals surface area contributed by atoms with Gasteiger partial charge in [-0.2, -0.15) is 5.10 Å². The van der Waals surface area contributed by atoms with Gasteiger partial charge in [0.2, 0.25) is 0 Å². The van der Waals surface area contributed by atoms with Gasteiger partial charge in [0.05, 0.1) is 6.54 Å². The fourth-order valence-corrected chi connectivity index (χ4v) is 3.33. The van der Waals surface area contributed by atoms with E-state index in [-0.39, 0.29) is 17.6 Å². The molecule has 3 heterocycles. The summed E-state index contributed by atoms with van der Waals surface area (Å²) in [6.07, 6.45) is 5.53. The second kappa shape index (κ2) is 8.04. The number of nitrogens with zero attached hydrogens (tertiary/aromatic N) is 4. The van der Waals surface area contributed by atoms with E-state index in [2.05, 4.69) is 15.4 Å². The van der Waals surface area contributed by atoms with Gasteiger partial charge in [-0.05, 0) is 45.2 Å². The third-order valence-corrected chi connectivity index (χ3v) is 4.86. The van der Waals surface area contributed by atoms with Crippen molar-refractivity contribution in [3.8, 4) is 0 Å². The average molecular weight is 373 g/mol. The molecule has 0 saturated heterocycles. The Morgan fingerprint density at radius 3 is 2.93 bits per heavy atom. The van der Waals surface area contributed by atoms with Crippen LogP contribution in [0.25, 0.3) is 0 Å². The van der Waals surface area contributed by atoms with Crippen LogP contribution >= 0.6 is 0 Å². The van der Waals surface area contributed by atoms with Crippen LogP contribution in [0.15, 0.2) is 29.3 Å². The van der Waals surface area contributed by atoms with Gasteiger partial charge in [-0.25, -0.2) is 9.48 Å². The van der Waals surface area contributed by atoms with Crippen LogP contribution in [0.5, 0.6) is 0 Å². The van der Waals surface area contributed by atoms with E-state index in [0.717, 1.165) is 17.8 Å². The molecule has 27 heavy (non-hydrogen) atoms. The van der Waals surface area contributed by atoms with Crippen molar-refractivity contribution in [2.75, 3.05) is 6.61 Å². The Hall–Kier alpha value is -2.48. The van der Waals surface area contributed by atoms with Crippen LogP contribution < -0.4 is 11.0 Å². The van der Waals surface area contributed by atoms with E-state index in [9.17, 15) is 9.59 Å². The fraction of sp³-hybridized carbons (Fsp3) is 0.579. The molecule has 1 aliphatic heterocycles. The van der Waals surface area contributed by atoms with Crippen molar-refractivity contribution in [2.24, 2.45) is 0 Å². The smallest absolute Gasteiger partial charge is 0.346 e. The number of aryl methyl sites for hydroxylation is 1. The maximum absolute atomic E-state index is 12.7. The van der Waals surface area contributed by atoms with Gasteiger partial charge in [0.15, 0.2) is 0 Å². The van der Waals surface area contributed by atoms with Gasteiger partial charge in [0, 0.05) is 38.0 Å². The predicted molar refractivity (Wildman–Crippen MR) is 100 cm³/mol. The van der Waals surface area contributed by atoms with Crippen LogP contribution in [0.2, 0.25) is 0 Å². The molecule has 0 saturated carbocycles. The van der Waals surface area contributed by atoms with Crippen molar-refractivity contribution in [2.45, 2.75) is 64.8 Å². The summed E-state index contributed by atoms with van der Waals surface area (Å²) >= 11 is 0. The molecule has 1 atom stereocenters. The Morgan fingerprint density at radius 2 is 2.22 bits per heavy atom. The first-order chi connectivity index (χ1) is 12.9. The van der Waals surface area contributed by atoms with E-state index in [0.29, 0.717) is 32.5 Å². The normalized spacial score (nSPS) is 17.2. The van der Waals surface area contributed by atoms with Gasteiger partial charge >= 0.3 is 5.69 Å². The number of hydrogen-bond donors (Lipinski definition) is 1. The van der Waals surface area contributed by atoms with Crippen molar-refractivity contribution < 1.29 is 9.53 Å². The molecule has 8 nitrogen and oxygen atoms in total. The van der Waals surface area contributed by atoms with Gasteiger partial charge in [0.25, 0.3) is 5.91 Å². The predicted octanol–water partition coefficient (Wildman–Crippen LogP) is 1.12. The summed E-state index contributed by atoms with van der Waals surface area (Å²) in [7, 11) is 0. The van der Waals surface area contributed by atoms with Gasteiger partial charge in [-0.1, -0.05) is 6.07 Å². The SMILES string of the molecule is CCOC(C)(C)C(=O)NC1CCc2nn(Cc3cccnc3)c(=O)n2CC1. The minimum absolute atomic E-state index is 0.00473. The minimum Gasteiger partial charge on any atom is -0.366 e. The lowest BCUT2D eigenvalue weighted by Crippen LogP contribution is -2.48. The molecule has 1 N–H and O–H groups in total. The lowest BCUT2D eigenvalue weighted by molar-refractivity contribution is -0.143. The number of amides is 1. The maximum atomic E-state index is 12.7. The highest BCUT2D eigenvalue weighted by atomic mass is 16.5. The number of aromatic nitrogens is 4. The molecule has 1 aliphatic rings. The van der Waals surface area contributed by atoms with E-state index in [1.165, 1.54) is 4.68 Å². The van der Waals surface area contributed by atoms with Crippen LogP contribution in [-0.4, -0.2) is 43.5 Å². The number of carbonyl (C=O) groups excluding carboxylic acids is 1. The highest BCUT2D eigenvalue weighted by Crippen LogP contribution is 2.15. The molecule has 0 radical (unpaired) electrons. The molecule has 2 aromatic rings. The van der Waals surface area contributed by atoms with E-state index in [1.54, 1.807) is 30.8 Å². The van der Waals surface area contributed by atoms with Crippen molar-refractivity contribution in [3.63, 3.8) is 0 Å². The number of carbonyl (C=O) groups is 1. The third-order valence-electron chi connectivity index (χ3n) is 4.86. The summed E-state index contributed by atoms with van der Waals surface area (Å²) in [6.45, 7) is 6.85. The van der Waals surface area contributed by atoms with Gasteiger partial charge in [-0.3, -0.25) is 14.3 Å². The molecule has 146 valence electrons. The molecule has 1 amide bonds. The van der Waals surface area contributed by atoms with E-state index < -0.39 is 5.60 Å². The lowest BCUT2D eigenvalue weighted by atomic mass is 10.1. The standard InChI is InChI=1S/C19H27N5O3/c1-4-27-19(2,3)17(25)21-15-7-8-16-22-24(18(26)23(16)11-9-15)13-14-6-5-10-20-12-14/h5-6,10,12,15H,4,7-9,11,13H2,1-3H3,(H,21,25). The van der Waals surface area contributed by atoms with Gasteiger partial charge < -0.3 is 10.1 Å². The number of fused-ring (bicyclic) bond motifs is 1. The first kappa shape index (κ1) is 19.3. The minimum atomic E-state index is -0.856. The molecule has 0 bridgehead atoms. The summed E-state index contributed by atoms with van der Waals surface area (Å²) in [5, 5.41) is 7.56. The zero-order valence-electron chi connectivity index (χ0n) is 16.1. The Bertz CT molecular complexity index is 841. The Kier molecular flexibility index (Phi) is 5.74. The van der Waals surface area contributed by atoms with Crippen LogP contribution in [0.1, 0.15) is 45.0 Å². The highest BCUT2D eigenvalue weighted by Gasteiger charge is 2.30. The van der Waals surface area contributed by atoms with Gasteiger partial charge in [-0.15, -0.1) is 0 Å². The van der Waals surface area contributed by atoms with Crippen LogP contribution in [0.3, 0.4) is 0 Å². The van der Waals surface area contributed by atoms with Crippen LogP contribution in [-0.2, 0) is 29.0 Å². The first-order valence-electron chi connectivity index (χ1n) is 9.41. The molecular weight excluding hydrogens is 346 g/mol. The monoisotopic (exact) mass is 373 g/mol. The summed E-state index contributed by atoms with van der Waals surface area (Å²) < 4.78 is 8.72. The topological polar surface area (TPSA) is 91.0 Å². The van der Waals surface area contributed by atoms with E-state index in [1.807, 2.05) is 19.1 Å². The highest BCUT2D eigenvalue weighted by molar-refractivity contribution is 5.84. The molecule has 8 heteroatoms. The third kappa shape index (κ3) is 4.44. The van der Waals surface area contributed by atoms with Gasteiger partial charge in [0.1, 0.15) is 11.4 Å². The molecule has 1 unspecified atom stereocenters. The van der Waals surface area contributed by atoms with Crippen LogP contribution in [0.4, 0.5) is 0 Å². The Labute approximate surface area is 158 Å². The summed E-state index contributed by atoms with van der Waals surface area (Å²) in [6, 6.07) is 3.78. The van der Waals surface area contributed by atoms with Crippen molar-refractivity contribution >= 4 is 5.91 Å².